The van der Waals surface area contributed by atoms with Gasteiger partial charge in [0.1, 0.15) is 5.58 Å². The highest BCUT2D eigenvalue weighted by molar-refractivity contribution is 6.14. The fraction of sp³-hybridized carbons (Fsp3) is 0. The van der Waals surface area contributed by atoms with Gasteiger partial charge in [-0.3, -0.25) is 4.98 Å². The Morgan fingerprint density at radius 3 is 1.73 bits per heavy atom. The summed E-state index contributed by atoms with van der Waals surface area (Å²) in [6, 6.07) is 45.9. The van der Waals surface area contributed by atoms with Crippen LogP contribution in [0.15, 0.2) is 150 Å². The van der Waals surface area contributed by atoms with Gasteiger partial charge in [-0.25, -0.2) is 15.0 Å². The van der Waals surface area contributed by atoms with Crippen LogP contribution in [-0.4, -0.2) is 19.9 Å². The Morgan fingerprint density at radius 2 is 0.978 bits per heavy atom. The molecule has 0 saturated heterocycles. The van der Waals surface area contributed by atoms with Crippen molar-refractivity contribution in [2.45, 2.75) is 0 Å². The summed E-state index contributed by atoms with van der Waals surface area (Å²) in [6.07, 6.45) is 3.59. The number of fused-ring (bicyclic) bond motifs is 5. The van der Waals surface area contributed by atoms with E-state index in [1.54, 1.807) is 6.20 Å². The van der Waals surface area contributed by atoms with E-state index in [4.69, 9.17) is 19.4 Å². The number of hydrogen-bond acceptors (Lipinski definition) is 5. The van der Waals surface area contributed by atoms with E-state index < -0.39 is 0 Å². The molecule has 0 radical (unpaired) electrons. The molecule has 0 unspecified atom stereocenters. The molecule has 0 aliphatic heterocycles. The number of aromatic nitrogens is 4. The molecule has 9 aromatic rings. The molecule has 0 aliphatic carbocycles. The summed E-state index contributed by atoms with van der Waals surface area (Å²) in [5, 5.41) is 6.48. The predicted molar refractivity (Wildman–Crippen MR) is 182 cm³/mol. The summed E-state index contributed by atoms with van der Waals surface area (Å²) in [5.74, 6) is 1.75. The van der Waals surface area contributed by atoms with Gasteiger partial charge in [-0.1, -0.05) is 109 Å². The van der Waals surface area contributed by atoms with Crippen LogP contribution in [0.1, 0.15) is 0 Å². The van der Waals surface area contributed by atoms with Crippen LogP contribution in [0.5, 0.6) is 0 Å². The third-order valence-electron chi connectivity index (χ3n) is 8.36. The summed E-state index contributed by atoms with van der Waals surface area (Å²) in [6.45, 7) is 0. The van der Waals surface area contributed by atoms with Crippen molar-refractivity contribution < 1.29 is 4.42 Å². The number of rotatable bonds is 4. The zero-order chi connectivity index (χ0) is 29.7. The largest absolute Gasteiger partial charge is 0.454 e. The highest BCUT2D eigenvalue weighted by Gasteiger charge is 2.19. The molecule has 210 valence electrons. The molecule has 0 aliphatic rings. The molecule has 0 saturated carbocycles. The highest BCUT2D eigenvalue weighted by atomic mass is 16.3. The highest BCUT2D eigenvalue weighted by Crippen LogP contribution is 2.38. The number of pyridine rings is 1. The van der Waals surface area contributed by atoms with Gasteiger partial charge in [-0.2, -0.15) is 0 Å². The summed E-state index contributed by atoms with van der Waals surface area (Å²) in [4.78, 5) is 19.6. The molecule has 3 aromatic heterocycles. The van der Waals surface area contributed by atoms with Gasteiger partial charge in [0, 0.05) is 33.7 Å². The first-order chi connectivity index (χ1) is 22.3. The molecule has 0 bridgehead atoms. The van der Waals surface area contributed by atoms with Crippen molar-refractivity contribution in [1.29, 1.82) is 0 Å². The van der Waals surface area contributed by atoms with Crippen molar-refractivity contribution in [2.24, 2.45) is 0 Å². The molecule has 45 heavy (non-hydrogen) atoms. The minimum absolute atomic E-state index is 0.548. The fourth-order valence-electron chi connectivity index (χ4n) is 6.12. The monoisotopic (exact) mass is 576 g/mol. The minimum atomic E-state index is 0.548. The van der Waals surface area contributed by atoms with Gasteiger partial charge >= 0.3 is 0 Å². The molecule has 5 nitrogen and oxygen atoms in total. The van der Waals surface area contributed by atoms with E-state index >= 15 is 0 Å². The van der Waals surface area contributed by atoms with Crippen LogP contribution in [0.3, 0.4) is 0 Å². The molecule has 0 N–H and O–H groups in total. The third-order valence-corrected chi connectivity index (χ3v) is 8.36. The van der Waals surface area contributed by atoms with Crippen molar-refractivity contribution in [3.8, 4) is 45.3 Å². The molecule has 6 aromatic carbocycles. The van der Waals surface area contributed by atoms with Crippen LogP contribution in [0.2, 0.25) is 0 Å². The zero-order valence-corrected chi connectivity index (χ0v) is 24.1. The summed E-state index contributed by atoms with van der Waals surface area (Å²) < 4.78 is 6.31. The Labute approximate surface area is 258 Å². The Morgan fingerprint density at radius 1 is 0.400 bits per heavy atom. The smallest absolute Gasteiger partial charge is 0.166 e. The van der Waals surface area contributed by atoms with Crippen molar-refractivity contribution in [1.82, 2.24) is 19.9 Å². The summed E-state index contributed by atoms with van der Waals surface area (Å²) in [5.41, 5.74) is 6.51. The molecular formula is C40H24N4O. The maximum absolute atomic E-state index is 6.31. The summed E-state index contributed by atoms with van der Waals surface area (Å²) >= 11 is 0. The maximum atomic E-state index is 6.31. The third kappa shape index (κ3) is 4.41. The van der Waals surface area contributed by atoms with Crippen molar-refractivity contribution in [3.05, 3.63) is 146 Å². The van der Waals surface area contributed by atoms with Crippen LogP contribution in [0.4, 0.5) is 0 Å². The van der Waals surface area contributed by atoms with Gasteiger partial charge in [-0.05, 0) is 56.9 Å². The molecular weight excluding hydrogens is 552 g/mol. The zero-order valence-electron chi connectivity index (χ0n) is 24.1. The van der Waals surface area contributed by atoms with E-state index in [1.807, 2.05) is 48.7 Å². The number of hydrogen-bond donors (Lipinski definition) is 0. The Balaban J connectivity index is 1.24. The van der Waals surface area contributed by atoms with Gasteiger partial charge in [0.15, 0.2) is 23.1 Å². The molecule has 0 amide bonds. The van der Waals surface area contributed by atoms with Crippen LogP contribution < -0.4 is 0 Å². The predicted octanol–water partition coefficient (Wildman–Crippen LogP) is 10.1. The Bertz CT molecular complexity index is 2540. The lowest BCUT2D eigenvalue weighted by Gasteiger charge is -2.10. The van der Waals surface area contributed by atoms with E-state index in [1.165, 1.54) is 11.1 Å². The number of furan rings is 1. The van der Waals surface area contributed by atoms with Crippen LogP contribution >= 0.6 is 0 Å². The first-order valence-corrected chi connectivity index (χ1v) is 14.9. The molecule has 0 atom stereocenters. The molecule has 5 heteroatoms. The van der Waals surface area contributed by atoms with Gasteiger partial charge in [-0.15, -0.1) is 0 Å². The standard InChI is InChI=1S/C40H24N4O/c1-3-9-25(10-4-1)29-15-16-31-20-32(18-17-30(31)19-29)39-42-38(26-11-5-2-6-12-26)43-40(44-39)34-23-41-24-36-37(34)33-21-27-13-7-8-14-28(27)22-35(33)45-36/h1-24H. The minimum Gasteiger partial charge on any atom is -0.454 e. The summed E-state index contributed by atoms with van der Waals surface area (Å²) in [7, 11) is 0. The van der Waals surface area contributed by atoms with Crippen molar-refractivity contribution >= 4 is 43.5 Å². The average Bonchev–Trinajstić information content (AvgIpc) is 3.48. The maximum Gasteiger partial charge on any atom is 0.166 e. The van der Waals surface area contributed by atoms with E-state index in [2.05, 4.69) is 96.0 Å². The van der Waals surface area contributed by atoms with E-state index in [-0.39, 0.29) is 0 Å². The second kappa shape index (κ2) is 10.2. The second-order valence-electron chi connectivity index (χ2n) is 11.2. The SMILES string of the molecule is c1ccc(-c2ccc3cc(-c4nc(-c5ccccc5)nc(-c5cncc6oc7cc8ccccc8cc7c56)n4)ccc3c2)cc1. The van der Waals surface area contributed by atoms with Gasteiger partial charge in [0.2, 0.25) is 0 Å². The van der Waals surface area contributed by atoms with Crippen molar-refractivity contribution in [2.75, 3.05) is 0 Å². The first-order valence-electron chi connectivity index (χ1n) is 14.9. The van der Waals surface area contributed by atoms with Gasteiger partial charge in [0.25, 0.3) is 0 Å². The Hall–Kier alpha value is -6.20. The van der Waals surface area contributed by atoms with E-state index in [0.29, 0.717) is 23.1 Å². The number of benzene rings is 6. The molecule has 3 heterocycles. The van der Waals surface area contributed by atoms with Crippen LogP contribution in [-0.2, 0) is 0 Å². The van der Waals surface area contributed by atoms with Crippen LogP contribution in [0, 0.1) is 0 Å². The van der Waals surface area contributed by atoms with Crippen molar-refractivity contribution in [3.63, 3.8) is 0 Å². The second-order valence-corrected chi connectivity index (χ2v) is 11.2. The normalized spacial score (nSPS) is 11.6. The quantitative estimate of drug-likeness (QED) is 0.209. The lowest BCUT2D eigenvalue weighted by atomic mass is 10.00. The van der Waals surface area contributed by atoms with E-state index in [0.717, 1.165) is 54.6 Å². The topological polar surface area (TPSA) is 64.7 Å². The first kappa shape index (κ1) is 25.3. The number of nitrogens with zero attached hydrogens (tertiary/aromatic N) is 4. The van der Waals surface area contributed by atoms with Crippen LogP contribution in [0.25, 0.3) is 88.8 Å². The van der Waals surface area contributed by atoms with Gasteiger partial charge < -0.3 is 4.42 Å². The lowest BCUT2D eigenvalue weighted by Crippen LogP contribution is -2.00. The molecule has 0 spiro atoms. The van der Waals surface area contributed by atoms with Gasteiger partial charge in [0.05, 0.1) is 6.20 Å². The lowest BCUT2D eigenvalue weighted by molar-refractivity contribution is 0.667. The fourth-order valence-corrected chi connectivity index (χ4v) is 6.12. The molecule has 9 rings (SSSR count). The average molecular weight is 577 g/mol. The Kier molecular flexibility index (Phi) is 5.74. The van der Waals surface area contributed by atoms with E-state index in [9.17, 15) is 0 Å². The molecule has 0 fully saturated rings.